The molecule has 0 unspecified atom stereocenters. The van der Waals surface area contributed by atoms with Gasteiger partial charge in [0.25, 0.3) is 0 Å². The average molecular weight is 246 g/mol. The predicted molar refractivity (Wildman–Crippen MR) is 75.9 cm³/mol. The maximum absolute atomic E-state index is 9.16. The standard InChI is InChI=1S/C15H22N2O/c1-11-8-12(2)15-13(4-3-5-16)10-17(6-7-18)14(15)9-11/h8-10,18H,3-7,16H2,1-2H3. The zero-order valence-corrected chi connectivity index (χ0v) is 11.2. The van der Waals surface area contributed by atoms with E-state index in [0.29, 0.717) is 6.54 Å². The van der Waals surface area contributed by atoms with Crippen molar-refractivity contribution < 1.29 is 5.11 Å². The predicted octanol–water partition coefficient (Wildman–Crippen LogP) is 2.14. The lowest BCUT2D eigenvalue weighted by Crippen LogP contribution is -2.01. The van der Waals surface area contributed by atoms with Gasteiger partial charge >= 0.3 is 0 Å². The second-order valence-electron chi connectivity index (χ2n) is 4.94. The molecule has 0 bridgehead atoms. The molecule has 0 atom stereocenters. The van der Waals surface area contributed by atoms with Gasteiger partial charge in [0.2, 0.25) is 0 Å². The van der Waals surface area contributed by atoms with Crippen LogP contribution in [0.25, 0.3) is 10.9 Å². The van der Waals surface area contributed by atoms with Crippen molar-refractivity contribution in [1.82, 2.24) is 4.57 Å². The van der Waals surface area contributed by atoms with Gasteiger partial charge in [0, 0.05) is 23.6 Å². The number of rotatable bonds is 5. The number of aliphatic hydroxyl groups is 1. The summed E-state index contributed by atoms with van der Waals surface area (Å²) in [5.41, 5.74) is 10.8. The van der Waals surface area contributed by atoms with Gasteiger partial charge in [0.1, 0.15) is 0 Å². The first-order valence-corrected chi connectivity index (χ1v) is 6.57. The Balaban J connectivity index is 2.56. The molecular formula is C15H22N2O. The minimum Gasteiger partial charge on any atom is -0.395 e. The van der Waals surface area contributed by atoms with Gasteiger partial charge in [-0.05, 0) is 56.0 Å². The van der Waals surface area contributed by atoms with Crippen LogP contribution in [0.2, 0.25) is 0 Å². The number of aryl methyl sites for hydroxylation is 3. The van der Waals surface area contributed by atoms with Gasteiger partial charge in [-0.25, -0.2) is 0 Å². The van der Waals surface area contributed by atoms with Crippen molar-refractivity contribution >= 4 is 10.9 Å². The van der Waals surface area contributed by atoms with E-state index in [2.05, 4.69) is 36.7 Å². The Hall–Kier alpha value is -1.32. The Morgan fingerprint density at radius 2 is 2.06 bits per heavy atom. The maximum Gasteiger partial charge on any atom is 0.0610 e. The fraction of sp³-hybridized carbons (Fsp3) is 0.467. The molecule has 0 aliphatic carbocycles. The number of hydrogen-bond donors (Lipinski definition) is 2. The van der Waals surface area contributed by atoms with Crippen LogP contribution in [0.5, 0.6) is 0 Å². The monoisotopic (exact) mass is 246 g/mol. The lowest BCUT2D eigenvalue weighted by Gasteiger charge is -2.05. The molecule has 0 aliphatic heterocycles. The van der Waals surface area contributed by atoms with Crippen LogP contribution in [0.15, 0.2) is 18.3 Å². The SMILES string of the molecule is Cc1cc(C)c2c(CCCN)cn(CCO)c2c1. The molecule has 3 heteroatoms. The number of aliphatic hydroxyl groups excluding tert-OH is 1. The van der Waals surface area contributed by atoms with Crippen LogP contribution >= 0.6 is 0 Å². The fourth-order valence-electron chi connectivity index (χ4n) is 2.69. The van der Waals surface area contributed by atoms with E-state index in [1.807, 2.05) is 0 Å². The van der Waals surface area contributed by atoms with E-state index >= 15 is 0 Å². The van der Waals surface area contributed by atoms with E-state index in [0.717, 1.165) is 19.4 Å². The Morgan fingerprint density at radius 3 is 2.72 bits per heavy atom. The van der Waals surface area contributed by atoms with Crippen LogP contribution in [-0.2, 0) is 13.0 Å². The number of aromatic nitrogens is 1. The van der Waals surface area contributed by atoms with Crippen molar-refractivity contribution in [1.29, 1.82) is 0 Å². The Labute approximate surface area is 108 Å². The lowest BCUT2D eigenvalue weighted by atomic mass is 10.0. The first-order chi connectivity index (χ1) is 8.67. The average Bonchev–Trinajstić information content (AvgIpc) is 2.65. The van der Waals surface area contributed by atoms with Gasteiger partial charge in [-0.15, -0.1) is 0 Å². The lowest BCUT2D eigenvalue weighted by molar-refractivity contribution is 0.278. The third kappa shape index (κ3) is 2.42. The highest BCUT2D eigenvalue weighted by Crippen LogP contribution is 2.27. The van der Waals surface area contributed by atoms with E-state index in [9.17, 15) is 0 Å². The van der Waals surface area contributed by atoms with Crippen LogP contribution in [0.1, 0.15) is 23.1 Å². The highest BCUT2D eigenvalue weighted by molar-refractivity contribution is 5.88. The third-order valence-electron chi connectivity index (χ3n) is 3.39. The van der Waals surface area contributed by atoms with Crippen LogP contribution < -0.4 is 5.73 Å². The van der Waals surface area contributed by atoms with Crippen molar-refractivity contribution in [3.8, 4) is 0 Å². The topological polar surface area (TPSA) is 51.2 Å². The molecule has 0 saturated heterocycles. The zero-order chi connectivity index (χ0) is 13.1. The summed E-state index contributed by atoms with van der Waals surface area (Å²) >= 11 is 0. The van der Waals surface area contributed by atoms with E-state index in [-0.39, 0.29) is 6.61 Å². The minimum atomic E-state index is 0.174. The fourth-order valence-corrected chi connectivity index (χ4v) is 2.69. The maximum atomic E-state index is 9.16. The molecule has 0 aliphatic rings. The van der Waals surface area contributed by atoms with E-state index in [1.54, 1.807) is 0 Å². The molecule has 0 saturated carbocycles. The summed E-state index contributed by atoms with van der Waals surface area (Å²) in [4.78, 5) is 0. The molecule has 1 aromatic carbocycles. The Kier molecular flexibility index (Phi) is 4.04. The molecule has 0 fully saturated rings. The summed E-state index contributed by atoms with van der Waals surface area (Å²) in [5.74, 6) is 0. The molecule has 3 N–H and O–H groups in total. The molecule has 1 aromatic heterocycles. The van der Waals surface area contributed by atoms with Gasteiger partial charge in [0.05, 0.1) is 6.61 Å². The van der Waals surface area contributed by atoms with Gasteiger partial charge in [-0.3, -0.25) is 0 Å². The summed E-state index contributed by atoms with van der Waals surface area (Å²) in [6.45, 7) is 5.82. The summed E-state index contributed by atoms with van der Waals surface area (Å²) in [6, 6.07) is 4.42. The molecule has 18 heavy (non-hydrogen) atoms. The van der Waals surface area contributed by atoms with Crippen molar-refractivity contribution in [2.24, 2.45) is 5.73 Å². The van der Waals surface area contributed by atoms with Crippen LogP contribution in [-0.4, -0.2) is 22.8 Å². The van der Waals surface area contributed by atoms with Gasteiger partial charge in [0.15, 0.2) is 0 Å². The summed E-state index contributed by atoms with van der Waals surface area (Å²) < 4.78 is 2.15. The van der Waals surface area contributed by atoms with Gasteiger partial charge in [-0.2, -0.15) is 0 Å². The summed E-state index contributed by atoms with van der Waals surface area (Å²) in [6.07, 6.45) is 4.18. The van der Waals surface area contributed by atoms with Crippen molar-refractivity contribution in [2.45, 2.75) is 33.2 Å². The first-order valence-electron chi connectivity index (χ1n) is 6.57. The number of benzene rings is 1. The highest BCUT2D eigenvalue weighted by atomic mass is 16.3. The molecule has 0 spiro atoms. The molecule has 0 radical (unpaired) electrons. The molecule has 98 valence electrons. The normalized spacial score (nSPS) is 11.3. The second kappa shape index (κ2) is 5.55. The minimum absolute atomic E-state index is 0.174. The molecule has 2 aromatic rings. The largest absolute Gasteiger partial charge is 0.395 e. The van der Waals surface area contributed by atoms with Crippen molar-refractivity contribution in [2.75, 3.05) is 13.2 Å². The number of hydrogen-bond acceptors (Lipinski definition) is 2. The first kappa shape index (κ1) is 13.1. The van der Waals surface area contributed by atoms with Gasteiger partial charge < -0.3 is 15.4 Å². The van der Waals surface area contributed by atoms with Crippen LogP contribution in [0, 0.1) is 13.8 Å². The second-order valence-corrected chi connectivity index (χ2v) is 4.94. The quantitative estimate of drug-likeness (QED) is 0.849. The molecule has 0 amide bonds. The van der Waals surface area contributed by atoms with Gasteiger partial charge in [-0.1, -0.05) is 6.07 Å². The van der Waals surface area contributed by atoms with E-state index in [1.165, 1.54) is 27.6 Å². The molecule has 1 heterocycles. The van der Waals surface area contributed by atoms with Crippen molar-refractivity contribution in [3.05, 3.63) is 35.0 Å². The molecular weight excluding hydrogens is 224 g/mol. The van der Waals surface area contributed by atoms with E-state index < -0.39 is 0 Å². The number of nitrogens with two attached hydrogens (primary N) is 1. The molecule has 2 rings (SSSR count). The molecule has 3 nitrogen and oxygen atoms in total. The van der Waals surface area contributed by atoms with Crippen LogP contribution in [0.3, 0.4) is 0 Å². The summed E-state index contributed by atoms with van der Waals surface area (Å²) in [7, 11) is 0. The van der Waals surface area contributed by atoms with Crippen LogP contribution in [0.4, 0.5) is 0 Å². The Bertz CT molecular complexity index is 543. The number of fused-ring (bicyclic) bond motifs is 1. The Morgan fingerprint density at radius 1 is 1.28 bits per heavy atom. The number of nitrogens with zero attached hydrogens (tertiary/aromatic N) is 1. The van der Waals surface area contributed by atoms with E-state index in [4.69, 9.17) is 10.8 Å². The highest BCUT2D eigenvalue weighted by Gasteiger charge is 2.10. The smallest absolute Gasteiger partial charge is 0.0610 e. The summed E-state index contributed by atoms with van der Waals surface area (Å²) in [5, 5.41) is 10.5. The third-order valence-corrected chi connectivity index (χ3v) is 3.39. The zero-order valence-electron chi connectivity index (χ0n) is 11.2. The van der Waals surface area contributed by atoms with Crippen molar-refractivity contribution in [3.63, 3.8) is 0 Å².